The number of carbonyl (C=O) groups excluding carboxylic acids is 1. The Balaban J connectivity index is 2.72. The first-order valence-electron chi connectivity index (χ1n) is 4.98. The maximum atomic E-state index is 13.4. The van der Waals surface area contributed by atoms with E-state index in [-0.39, 0.29) is 30.9 Å². The number of halogens is 2. The van der Waals surface area contributed by atoms with E-state index < -0.39 is 17.5 Å². The number of nitrogens with one attached hydrogen (secondary N) is 1. The van der Waals surface area contributed by atoms with Crippen LogP contribution in [0.25, 0.3) is 0 Å². The lowest BCUT2D eigenvalue weighted by molar-refractivity contribution is -0.121. The number of aliphatic hydroxyl groups is 1. The highest BCUT2D eigenvalue weighted by atomic mass is 19.1. The van der Waals surface area contributed by atoms with Gasteiger partial charge in [0.05, 0.1) is 13.7 Å². The number of benzene rings is 1. The topological polar surface area (TPSA) is 58.6 Å². The van der Waals surface area contributed by atoms with Gasteiger partial charge in [0.25, 0.3) is 0 Å². The molecule has 0 atom stereocenters. The van der Waals surface area contributed by atoms with Crippen molar-refractivity contribution in [3.8, 4) is 5.75 Å². The maximum absolute atomic E-state index is 13.4. The van der Waals surface area contributed by atoms with Gasteiger partial charge in [0.2, 0.25) is 5.91 Å². The summed E-state index contributed by atoms with van der Waals surface area (Å²) in [5.41, 5.74) is 0.0228. The molecule has 1 rings (SSSR count). The number of ether oxygens (including phenoxy) is 1. The van der Waals surface area contributed by atoms with Gasteiger partial charge in [-0.15, -0.1) is 0 Å². The van der Waals surface area contributed by atoms with Gasteiger partial charge in [0, 0.05) is 24.6 Å². The number of aliphatic hydroxyl groups excluding tert-OH is 1. The Bertz CT molecular complexity index is 410. The van der Waals surface area contributed by atoms with Crippen LogP contribution in [0.4, 0.5) is 8.78 Å². The molecule has 4 nitrogen and oxygen atoms in total. The van der Waals surface area contributed by atoms with E-state index in [1.165, 1.54) is 7.11 Å². The maximum Gasteiger partial charge on any atom is 0.222 e. The molecule has 6 heteroatoms. The lowest BCUT2D eigenvalue weighted by Gasteiger charge is -2.08. The molecule has 0 aliphatic heterocycles. The summed E-state index contributed by atoms with van der Waals surface area (Å²) in [6.07, 6.45) is -0.0692. The summed E-state index contributed by atoms with van der Waals surface area (Å²) in [6, 6.07) is 1.89. The molecule has 0 aliphatic rings. The molecule has 0 aliphatic carbocycles. The van der Waals surface area contributed by atoms with Crippen LogP contribution in [0.1, 0.15) is 12.0 Å². The Hall–Kier alpha value is -1.69. The summed E-state index contributed by atoms with van der Waals surface area (Å²) in [5.74, 6) is -1.97. The molecule has 0 aromatic heterocycles. The molecule has 0 unspecified atom stereocenters. The minimum absolute atomic E-state index is 0.0228. The zero-order valence-corrected chi connectivity index (χ0v) is 9.30. The van der Waals surface area contributed by atoms with Crippen molar-refractivity contribution < 1.29 is 23.4 Å². The van der Waals surface area contributed by atoms with Gasteiger partial charge in [-0.3, -0.25) is 4.79 Å². The molecule has 0 bridgehead atoms. The standard InChI is InChI=1S/C11H13F2NO3/c1-17-10-5-8(12)7(4-9(10)13)6-14-11(16)2-3-15/h4-5,15H,2-3,6H2,1H3,(H,14,16). The van der Waals surface area contributed by atoms with Crippen molar-refractivity contribution in [1.29, 1.82) is 0 Å². The van der Waals surface area contributed by atoms with Gasteiger partial charge in [0.1, 0.15) is 5.82 Å². The predicted molar refractivity (Wildman–Crippen MR) is 56.5 cm³/mol. The van der Waals surface area contributed by atoms with Crippen molar-refractivity contribution in [2.75, 3.05) is 13.7 Å². The van der Waals surface area contributed by atoms with E-state index in [0.717, 1.165) is 12.1 Å². The Morgan fingerprint density at radius 1 is 1.41 bits per heavy atom. The van der Waals surface area contributed by atoms with E-state index in [4.69, 9.17) is 5.11 Å². The van der Waals surface area contributed by atoms with E-state index >= 15 is 0 Å². The number of rotatable bonds is 5. The lowest BCUT2D eigenvalue weighted by atomic mass is 10.2. The van der Waals surface area contributed by atoms with Gasteiger partial charge in [-0.25, -0.2) is 8.78 Å². The number of amides is 1. The van der Waals surface area contributed by atoms with Crippen molar-refractivity contribution in [3.63, 3.8) is 0 Å². The first kappa shape index (κ1) is 13.4. The Kier molecular flexibility index (Phi) is 4.84. The van der Waals surface area contributed by atoms with Crippen molar-refractivity contribution in [2.45, 2.75) is 13.0 Å². The number of hydrogen-bond donors (Lipinski definition) is 2. The highest BCUT2D eigenvalue weighted by Crippen LogP contribution is 2.21. The molecule has 1 aromatic carbocycles. The van der Waals surface area contributed by atoms with Crippen LogP contribution in [0.15, 0.2) is 12.1 Å². The van der Waals surface area contributed by atoms with E-state index in [9.17, 15) is 13.6 Å². The summed E-state index contributed by atoms with van der Waals surface area (Å²) in [5, 5.41) is 10.8. The van der Waals surface area contributed by atoms with Gasteiger partial charge < -0.3 is 15.2 Å². The molecule has 1 aromatic rings. The predicted octanol–water partition coefficient (Wildman–Crippen LogP) is 0.972. The fraction of sp³-hybridized carbons (Fsp3) is 0.364. The first-order chi connectivity index (χ1) is 8.08. The molecule has 0 saturated carbocycles. The average Bonchev–Trinajstić information content (AvgIpc) is 2.30. The van der Waals surface area contributed by atoms with Crippen LogP contribution in [-0.2, 0) is 11.3 Å². The van der Waals surface area contributed by atoms with Crippen molar-refractivity contribution in [3.05, 3.63) is 29.3 Å². The molecular weight excluding hydrogens is 232 g/mol. The van der Waals surface area contributed by atoms with Crippen LogP contribution in [-0.4, -0.2) is 24.7 Å². The third-order valence-electron chi connectivity index (χ3n) is 2.14. The van der Waals surface area contributed by atoms with E-state index in [2.05, 4.69) is 10.1 Å². The molecule has 0 spiro atoms. The third kappa shape index (κ3) is 3.67. The van der Waals surface area contributed by atoms with Crippen molar-refractivity contribution in [1.82, 2.24) is 5.32 Å². The zero-order valence-electron chi connectivity index (χ0n) is 9.30. The normalized spacial score (nSPS) is 10.1. The SMILES string of the molecule is COc1cc(F)c(CNC(=O)CCO)cc1F. The lowest BCUT2D eigenvalue weighted by Crippen LogP contribution is -2.24. The van der Waals surface area contributed by atoms with Crippen LogP contribution in [0.2, 0.25) is 0 Å². The van der Waals surface area contributed by atoms with E-state index in [1.54, 1.807) is 0 Å². The number of carbonyl (C=O) groups is 1. The van der Waals surface area contributed by atoms with Gasteiger partial charge in [-0.05, 0) is 6.07 Å². The molecule has 0 fully saturated rings. The number of hydrogen-bond acceptors (Lipinski definition) is 3. The van der Waals surface area contributed by atoms with Gasteiger partial charge >= 0.3 is 0 Å². The molecule has 17 heavy (non-hydrogen) atoms. The van der Waals surface area contributed by atoms with Gasteiger partial charge in [0.15, 0.2) is 11.6 Å². The minimum atomic E-state index is -0.694. The van der Waals surface area contributed by atoms with Crippen LogP contribution in [0.5, 0.6) is 5.75 Å². The second-order valence-corrected chi connectivity index (χ2v) is 3.33. The third-order valence-corrected chi connectivity index (χ3v) is 2.14. The van der Waals surface area contributed by atoms with Crippen molar-refractivity contribution in [2.24, 2.45) is 0 Å². The largest absolute Gasteiger partial charge is 0.494 e. The molecule has 94 valence electrons. The van der Waals surface area contributed by atoms with Crippen LogP contribution < -0.4 is 10.1 Å². The fourth-order valence-electron chi connectivity index (χ4n) is 1.25. The highest BCUT2D eigenvalue weighted by Gasteiger charge is 2.11. The molecule has 0 radical (unpaired) electrons. The highest BCUT2D eigenvalue weighted by molar-refractivity contribution is 5.75. The quantitative estimate of drug-likeness (QED) is 0.812. The molecule has 1 amide bonds. The molecule has 0 heterocycles. The monoisotopic (exact) mass is 245 g/mol. The summed E-state index contributed by atoms with van der Waals surface area (Å²) in [4.78, 5) is 11.0. The second kappa shape index (κ2) is 6.15. The Labute approximate surface area is 97.2 Å². The Morgan fingerprint density at radius 2 is 2.12 bits per heavy atom. The smallest absolute Gasteiger partial charge is 0.222 e. The molecule has 2 N–H and O–H groups in total. The summed E-state index contributed by atoms with van der Waals surface area (Å²) >= 11 is 0. The average molecular weight is 245 g/mol. The summed E-state index contributed by atoms with van der Waals surface area (Å²) in [7, 11) is 1.24. The molecular formula is C11H13F2NO3. The van der Waals surface area contributed by atoms with Crippen LogP contribution >= 0.6 is 0 Å². The van der Waals surface area contributed by atoms with Crippen LogP contribution in [0.3, 0.4) is 0 Å². The zero-order chi connectivity index (χ0) is 12.8. The summed E-state index contributed by atoms with van der Waals surface area (Å²) in [6.45, 7) is -0.420. The van der Waals surface area contributed by atoms with Crippen LogP contribution in [0, 0.1) is 11.6 Å². The van der Waals surface area contributed by atoms with Gasteiger partial charge in [-0.2, -0.15) is 0 Å². The van der Waals surface area contributed by atoms with Crippen molar-refractivity contribution >= 4 is 5.91 Å². The fourth-order valence-corrected chi connectivity index (χ4v) is 1.25. The first-order valence-corrected chi connectivity index (χ1v) is 4.98. The summed E-state index contributed by atoms with van der Waals surface area (Å²) < 4.78 is 31.3. The minimum Gasteiger partial charge on any atom is -0.494 e. The van der Waals surface area contributed by atoms with E-state index in [1.807, 2.05) is 0 Å². The number of methoxy groups -OCH3 is 1. The molecule has 0 saturated heterocycles. The van der Waals surface area contributed by atoms with E-state index in [0.29, 0.717) is 0 Å². The second-order valence-electron chi connectivity index (χ2n) is 3.33. The Morgan fingerprint density at radius 3 is 2.71 bits per heavy atom. The van der Waals surface area contributed by atoms with Gasteiger partial charge in [-0.1, -0.05) is 0 Å².